The van der Waals surface area contributed by atoms with E-state index in [1.165, 1.54) is 12.1 Å². The molecule has 212 valence electrons. The monoisotopic (exact) mass is 911 g/mol. The summed E-state index contributed by atoms with van der Waals surface area (Å²) >= 11 is 6.35. The normalized spacial score (nSPS) is 26.1. The van der Waals surface area contributed by atoms with E-state index >= 15 is 0 Å². The Bertz CT molecular complexity index is 1710. The first kappa shape index (κ1) is 29.3. The minimum Gasteiger partial charge on any atom is -0.744 e. The predicted octanol–water partition coefficient (Wildman–Crippen LogP) is 5.01. The summed E-state index contributed by atoms with van der Waals surface area (Å²) < 4.78 is 55.4. The largest absolute Gasteiger partial charge is 0.744 e. The maximum Gasteiger partial charge on any atom is 0.339 e. The van der Waals surface area contributed by atoms with Crippen LogP contribution in [-0.2, 0) is 29.2 Å². The Morgan fingerprint density at radius 2 is 1.71 bits per heavy atom. The lowest BCUT2D eigenvalue weighted by Gasteiger charge is -2.30. The number of carbonyl (C=O) groups excluding carboxylic acids is 3. The summed E-state index contributed by atoms with van der Waals surface area (Å²) in [5, 5.41) is 0. The number of halogens is 3. The predicted molar refractivity (Wildman–Crippen MR) is 168 cm³/mol. The number of ether oxygens (including phenoxy) is 3. The van der Waals surface area contributed by atoms with Crippen molar-refractivity contribution in [1.82, 2.24) is 0 Å². The topological polar surface area (TPSA) is 136 Å². The van der Waals surface area contributed by atoms with Crippen molar-refractivity contribution in [3.05, 3.63) is 76.9 Å². The minimum atomic E-state index is -4.82. The molecule has 1 heterocycles. The second kappa shape index (κ2) is 11.0. The first-order valence-electron chi connectivity index (χ1n) is 12.4. The lowest BCUT2D eigenvalue weighted by molar-refractivity contribution is -0.149. The summed E-state index contributed by atoms with van der Waals surface area (Å²) in [4.78, 5) is 39.2. The van der Waals surface area contributed by atoms with Crippen LogP contribution in [-0.4, -0.2) is 43.1 Å². The summed E-state index contributed by atoms with van der Waals surface area (Å²) in [6, 6.07) is 15.7. The molecule has 6 rings (SSSR count). The van der Waals surface area contributed by atoms with E-state index in [0.29, 0.717) is 17.5 Å². The van der Waals surface area contributed by atoms with Gasteiger partial charge in [-0.05, 0) is 110 Å². The highest BCUT2D eigenvalue weighted by molar-refractivity contribution is 14.1. The number of rotatable bonds is 6. The molecule has 0 amide bonds. The van der Waals surface area contributed by atoms with Crippen LogP contribution in [0.4, 0.5) is 0 Å². The average Bonchev–Trinajstić information content (AvgIpc) is 3.54. The van der Waals surface area contributed by atoms with Gasteiger partial charge in [0, 0.05) is 28.1 Å². The number of hydrogen-bond acceptors (Lipinski definition) is 9. The van der Waals surface area contributed by atoms with Crippen molar-refractivity contribution in [3.63, 3.8) is 0 Å². The fraction of sp³-hybridized carbons (Fsp3) is 0.250. The molecule has 6 unspecified atom stereocenters. The van der Waals surface area contributed by atoms with Gasteiger partial charge in [-0.1, -0.05) is 30.3 Å². The molecular weight excluding hydrogens is 893 g/mol. The first-order chi connectivity index (χ1) is 19.4. The molecule has 0 radical (unpaired) electrons. The Morgan fingerprint density at radius 3 is 2.41 bits per heavy atom. The lowest BCUT2D eigenvalue weighted by atomic mass is 9.78. The zero-order valence-corrected chi connectivity index (χ0v) is 28.0. The molecule has 0 aromatic heterocycles. The number of fused-ring (bicyclic) bond motifs is 1. The molecule has 3 aromatic carbocycles. The van der Waals surface area contributed by atoms with Crippen LogP contribution in [0.1, 0.15) is 16.8 Å². The van der Waals surface area contributed by atoms with Gasteiger partial charge in [-0.25, -0.2) is 13.2 Å². The second-order valence-electron chi connectivity index (χ2n) is 10.0. The van der Waals surface area contributed by atoms with Crippen LogP contribution in [0.5, 0.6) is 5.75 Å². The molecule has 3 aliphatic rings. The van der Waals surface area contributed by atoms with Gasteiger partial charge in [0.15, 0.2) is 0 Å². The summed E-state index contributed by atoms with van der Waals surface area (Å²) in [6.07, 6.45) is -0.981. The van der Waals surface area contributed by atoms with Gasteiger partial charge in [-0.2, -0.15) is 0 Å². The van der Waals surface area contributed by atoms with Gasteiger partial charge in [0.2, 0.25) is 0 Å². The van der Waals surface area contributed by atoms with E-state index in [1.54, 1.807) is 36.4 Å². The van der Waals surface area contributed by atoms with Crippen molar-refractivity contribution in [2.24, 2.45) is 23.7 Å². The van der Waals surface area contributed by atoms with Crippen LogP contribution in [0.25, 0.3) is 11.1 Å². The molecule has 0 spiro atoms. The third kappa shape index (κ3) is 5.29. The molecule has 1 aliphatic heterocycles. The summed E-state index contributed by atoms with van der Waals surface area (Å²) in [7, 11) is -4.82. The van der Waals surface area contributed by atoms with Crippen LogP contribution < -0.4 is 4.74 Å². The standard InChI is InChI=1S/C28H19I3O9S/c29-13-8-18(23(31)19(30)9-13)26(32)39-24-16-11-17-22(28(34)40-25(17)24)21(16)27(33)38-14-6-7-20(41(35,36)37)15(10-14)12-4-2-1-3-5-12/h1-10,16-17,21-22,24-25H,11H2,(H,35,36,37)/p-1. The van der Waals surface area contributed by atoms with Gasteiger partial charge in [-0.3, -0.25) is 9.59 Å². The van der Waals surface area contributed by atoms with Gasteiger partial charge < -0.3 is 18.8 Å². The third-order valence-electron chi connectivity index (χ3n) is 7.80. The summed E-state index contributed by atoms with van der Waals surface area (Å²) in [5.74, 6) is -4.20. The van der Waals surface area contributed by atoms with E-state index < -0.39 is 62.9 Å². The van der Waals surface area contributed by atoms with E-state index in [4.69, 9.17) is 14.2 Å². The molecule has 2 saturated carbocycles. The van der Waals surface area contributed by atoms with E-state index in [2.05, 4.69) is 67.8 Å². The van der Waals surface area contributed by atoms with Crippen LogP contribution in [0.15, 0.2) is 65.6 Å². The van der Waals surface area contributed by atoms with Crippen molar-refractivity contribution in [2.45, 2.75) is 23.5 Å². The highest BCUT2D eigenvalue weighted by Crippen LogP contribution is 2.59. The Hall–Kier alpha value is -1.83. The van der Waals surface area contributed by atoms with E-state index in [0.717, 1.165) is 16.8 Å². The zero-order valence-electron chi connectivity index (χ0n) is 20.7. The van der Waals surface area contributed by atoms with Gasteiger partial charge in [-0.15, -0.1) is 0 Å². The SMILES string of the molecule is O=C(OC1C2CC3C1OC(=O)C3C2C(=O)Oc1ccc(S(=O)(=O)[O-])c(-c2ccccc2)c1)c1cc(I)cc(I)c1I. The molecule has 3 fully saturated rings. The van der Waals surface area contributed by atoms with E-state index in [-0.39, 0.29) is 17.2 Å². The van der Waals surface area contributed by atoms with Gasteiger partial charge in [0.1, 0.15) is 28.1 Å². The molecule has 2 bridgehead atoms. The Balaban J connectivity index is 1.28. The molecule has 0 N–H and O–H groups in total. The highest BCUT2D eigenvalue weighted by Gasteiger charge is 2.70. The number of benzene rings is 3. The number of esters is 3. The Labute approximate surface area is 275 Å². The van der Waals surface area contributed by atoms with Crippen molar-refractivity contribution >= 4 is 95.8 Å². The maximum absolute atomic E-state index is 13.6. The Morgan fingerprint density at radius 1 is 0.976 bits per heavy atom. The molecule has 9 nitrogen and oxygen atoms in total. The number of hydrogen-bond donors (Lipinski definition) is 0. The van der Waals surface area contributed by atoms with Crippen LogP contribution in [0.2, 0.25) is 0 Å². The highest BCUT2D eigenvalue weighted by atomic mass is 127. The molecular formula is C28H18I3O9S-. The van der Waals surface area contributed by atoms with Crippen molar-refractivity contribution in [3.8, 4) is 16.9 Å². The Kier molecular flexibility index (Phi) is 7.86. The van der Waals surface area contributed by atoms with E-state index in [9.17, 15) is 27.4 Å². The molecule has 13 heteroatoms. The van der Waals surface area contributed by atoms with Gasteiger partial charge >= 0.3 is 17.9 Å². The fourth-order valence-electron chi connectivity index (χ4n) is 6.18. The molecule has 3 aromatic rings. The average molecular weight is 911 g/mol. The van der Waals surface area contributed by atoms with Gasteiger partial charge in [0.25, 0.3) is 0 Å². The molecule has 6 atom stereocenters. The van der Waals surface area contributed by atoms with Gasteiger partial charge in [0.05, 0.1) is 22.3 Å². The van der Waals surface area contributed by atoms with Crippen LogP contribution in [0.3, 0.4) is 0 Å². The zero-order chi connectivity index (χ0) is 29.2. The maximum atomic E-state index is 13.6. The number of carbonyl (C=O) groups is 3. The van der Waals surface area contributed by atoms with Crippen molar-refractivity contribution in [2.75, 3.05) is 0 Å². The van der Waals surface area contributed by atoms with Crippen LogP contribution >= 0.6 is 67.8 Å². The summed E-state index contributed by atoms with van der Waals surface area (Å²) in [5.41, 5.74) is 0.938. The minimum absolute atomic E-state index is 0.0171. The quantitative estimate of drug-likeness (QED) is 0.110. The third-order valence-corrected chi connectivity index (χ3v) is 12.4. The summed E-state index contributed by atoms with van der Waals surface area (Å²) in [6.45, 7) is 0. The van der Waals surface area contributed by atoms with Crippen molar-refractivity contribution in [1.29, 1.82) is 0 Å². The first-order valence-corrected chi connectivity index (χ1v) is 17.0. The van der Waals surface area contributed by atoms with Crippen LogP contribution in [0, 0.1) is 34.4 Å². The lowest BCUT2D eigenvalue weighted by Crippen LogP contribution is -2.44. The smallest absolute Gasteiger partial charge is 0.339 e. The molecule has 1 saturated heterocycles. The van der Waals surface area contributed by atoms with Crippen molar-refractivity contribution < 1.29 is 41.6 Å². The second-order valence-corrected chi connectivity index (χ2v) is 14.9. The molecule has 2 aliphatic carbocycles. The molecule has 41 heavy (non-hydrogen) atoms. The fourth-order valence-corrected chi connectivity index (χ4v) is 9.24. The van der Waals surface area contributed by atoms with E-state index in [1.807, 2.05) is 6.07 Å².